The number of anilines is 1. The second-order valence-corrected chi connectivity index (χ2v) is 9.28. The van der Waals surface area contributed by atoms with Crippen molar-refractivity contribution in [3.63, 3.8) is 0 Å². The zero-order chi connectivity index (χ0) is 23.9. The van der Waals surface area contributed by atoms with Crippen molar-refractivity contribution in [2.24, 2.45) is 0 Å². The number of benzene rings is 4. The summed E-state index contributed by atoms with van der Waals surface area (Å²) in [4.78, 5) is 28.4. The largest absolute Gasteiger partial charge is 0.375 e. The maximum absolute atomic E-state index is 13.7. The Morgan fingerprint density at radius 2 is 1.56 bits per heavy atom. The SMILES string of the molecule is CC(C)c1ccc(C(=O)CC2(O)C(=O)N(Cc3cccc4ccccc34)c3ccccc32)cc1. The van der Waals surface area contributed by atoms with Crippen LogP contribution in [-0.4, -0.2) is 16.8 Å². The summed E-state index contributed by atoms with van der Waals surface area (Å²) in [6.07, 6.45) is -0.296. The van der Waals surface area contributed by atoms with Crippen LogP contribution in [-0.2, 0) is 16.9 Å². The zero-order valence-electron chi connectivity index (χ0n) is 19.4. The van der Waals surface area contributed by atoms with Gasteiger partial charge in [-0.1, -0.05) is 98.8 Å². The molecule has 1 N–H and O–H groups in total. The van der Waals surface area contributed by atoms with Gasteiger partial charge in [0.05, 0.1) is 18.7 Å². The van der Waals surface area contributed by atoms with Crippen molar-refractivity contribution in [2.75, 3.05) is 4.90 Å². The number of carbonyl (C=O) groups is 2. The van der Waals surface area contributed by atoms with Gasteiger partial charge in [0.1, 0.15) is 0 Å². The Labute approximate surface area is 199 Å². The smallest absolute Gasteiger partial charge is 0.264 e. The lowest BCUT2D eigenvalue weighted by Gasteiger charge is -2.23. The third-order valence-electron chi connectivity index (χ3n) is 6.76. The van der Waals surface area contributed by atoms with Crippen molar-refractivity contribution >= 4 is 28.2 Å². The number of fused-ring (bicyclic) bond motifs is 2. The molecule has 0 spiro atoms. The molecule has 0 aliphatic carbocycles. The average molecular weight is 450 g/mol. The van der Waals surface area contributed by atoms with Crippen molar-refractivity contribution in [1.82, 2.24) is 0 Å². The molecular weight excluding hydrogens is 422 g/mol. The molecule has 1 heterocycles. The van der Waals surface area contributed by atoms with Gasteiger partial charge in [0, 0.05) is 11.1 Å². The molecule has 0 radical (unpaired) electrons. The highest BCUT2D eigenvalue weighted by molar-refractivity contribution is 6.11. The van der Waals surface area contributed by atoms with Crippen molar-refractivity contribution < 1.29 is 14.7 Å². The van der Waals surface area contributed by atoms with Gasteiger partial charge >= 0.3 is 0 Å². The fourth-order valence-corrected chi connectivity index (χ4v) is 4.82. The van der Waals surface area contributed by atoms with Gasteiger partial charge in [-0.05, 0) is 33.9 Å². The molecule has 34 heavy (non-hydrogen) atoms. The van der Waals surface area contributed by atoms with Crippen LogP contribution in [0.25, 0.3) is 10.8 Å². The zero-order valence-corrected chi connectivity index (χ0v) is 19.4. The topological polar surface area (TPSA) is 57.6 Å². The van der Waals surface area contributed by atoms with E-state index in [2.05, 4.69) is 13.8 Å². The number of amides is 1. The van der Waals surface area contributed by atoms with E-state index in [1.165, 1.54) is 0 Å². The Morgan fingerprint density at radius 1 is 0.882 bits per heavy atom. The molecule has 1 unspecified atom stereocenters. The Hall–Kier alpha value is -3.76. The van der Waals surface area contributed by atoms with Gasteiger partial charge < -0.3 is 10.0 Å². The number of Topliss-reactive ketones (excluding diaryl/α,β-unsaturated/α-hetero) is 1. The first kappa shape index (κ1) is 22.1. The van der Waals surface area contributed by atoms with Gasteiger partial charge in [-0.25, -0.2) is 0 Å². The van der Waals surface area contributed by atoms with Crippen LogP contribution in [0.4, 0.5) is 5.69 Å². The van der Waals surface area contributed by atoms with E-state index in [0.29, 0.717) is 29.3 Å². The van der Waals surface area contributed by atoms with Crippen LogP contribution in [0.5, 0.6) is 0 Å². The van der Waals surface area contributed by atoms with Crippen LogP contribution in [0, 0.1) is 0 Å². The molecule has 4 aromatic carbocycles. The standard InChI is InChI=1S/C30H27NO3/c1-20(2)21-14-16-23(17-15-21)28(32)18-30(34)26-12-5-6-13-27(26)31(29(30)33)19-24-10-7-9-22-8-3-4-11-25(22)24/h3-17,20,34H,18-19H2,1-2H3. The molecule has 4 heteroatoms. The van der Waals surface area contributed by atoms with Crippen LogP contribution in [0.15, 0.2) is 91.0 Å². The number of aliphatic hydroxyl groups is 1. The summed E-state index contributed by atoms with van der Waals surface area (Å²) < 4.78 is 0. The lowest BCUT2D eigenvalue weighted by atomic mass is 9.87. The average Bonchev–Trinajstić information content (AvgIpc) is 3.06. The molecule has 1 amide bonds. The minimum atomic E-state index is -1.89. The fraction of sp³-hybridized carbons (Fsp3) is 0.200. The Bertz CT molecular complexity index is 1380. The number of rotatable bonds is 6. The Kier molecular flexibility index (Phi) is 5.54. The maximum Gasteiger partial charge on any atom is 0.264 e. The first-order valence-electron chi connectivity index (χ1n) is 11.6. The van der Waals surface area contributed by atoms with E-state index in [4.69, 9.17) is 0 Å². The molecular formula is C30H27NO3. The number of hydrogen-bond donors (Lipinski definition) is 1. The number of ketones is 1. The maximum atomic E-state index is 13.7. The van der Waals surface area contributed by atoms with Gasteiger partial charge in [-0.2, -0.15) is 0 Å². The third kappa shape index (κ3) is 3.70. The summed E-state index contributed by atoms with van der Waals surface area (Å²) in [5.74, 6) is -0.360. The van der Waals surface area contributed by atoms with Crippen LogP contribution < -0.4 is 4.90 Å². The van der Waals surface area contributed by atoms with Crippen LogP contribution in [0.2, 0.25) is 0 Å². The Balaban J connectivity index is 1.48. The van der Waals surface area contributed by atoms with Crippen molar-refractivity contribution in [1.29, 1.82) is 0 Å². The van der Waals surface area contributed by atoms with Crippen LogP contribution in [0.1, 0.15) is 53.2 Å². The van der Waals surface area contributed by atoms with E-state index >= 15 is 0 Å². The van der Waals surface area contributed by atoms with Gasteiger partial charge in [0.2, 0.25) is 0 Å². The Morgan fingerprint density at radius 3 is 2.32 bits per heavy atom. The van der Waals surface area contributed by atoms with Crippen LogP contribution in [0.3, 0.4) is 0 Å². The van der Waals surface area contributed by atoms with Crippen molar-refractivity contribution in [2.45, 2.75) is 38.3 Å². The number of carbonyl (C=O) groups excluding carboxylic acids is 2. The highest BCUT2D eigenvalue weighted by Gasteiger charge is 2.50. The molecule has 0 fully saturated rings. The fourth-order valence-electron chi connectivity index (χ4n) is 4.82. The second kappa shape index (κ2) is 8.54. The summed E-state index contributed by atoms with van der Waals surface area (Å²) in [5, 5.41) is 13.8. The number of nitrogens with zero attached hydrogens (tertiary/aromatic N) is 1. The summed E-state index contributed by atoms with van der Waals surface area (Å²) in [5.41, 5.74) is 1.85. The lowest BCUT2D eigenvalue weighted by Crippen LogP contribution is -2.41. The molecule has 0 saturated heterocycles. The van der Waals surface area contributed by atoms with Crippen molar-refractivity contribution in [3.8, 4) is 0 Å². The van der Waals surface area contributed by atoms with Crippen LogP contribution >= 0.6 is 0 Å². The predicted molar refractivity (Wildman–Crippen MR) is 135 cm³/mol. The van der Waals surface area contributed by atoms with Crippen molar-refractivity contribution in [3.05, 3.63) is 113 Å². The molecule has 1 aliphatic rings. The molecule has 0 aromatic heterocycles. The van der Waals surface area contributed by atoms with E-state index in [0.717, 1.165) is 21.9 Å². The molecule has 1 atom stereocenters. The summed E-state index contributed by atoms with van der Waals surface area (Å²) >= 11 is 0. The highest BCUT2D eigenvalue weighted by atomic mass is 16.3. The minimum absolute atomic E-state index is 0.257. The second-order valence-electron chi connectivity index (χ2n) is 9.28. The minimum Gasteiger partial charge on any atom is -0.375 e. The first-order chi connectivity index (χ1) is 16.4. The van der Waals surface area contributed by atoms with Gasteiger partial charge in [-0.15, -0.1) is 0 Å². The molecule has 5 rings (SSSR count). The van der Waals surface area contributed by atoms with E-state index in [9.17, 15) is 14.7 Å². The normalized spacial score (nSPS) is 17.4. The molecule has 0 saturated carbocycles. The molecule has 1 aliphatic heterocycles. The lowest BCUT2D eigenvalue weighted by molar-refractivity contribution is -0.136. The highest BCUT2D eigenvalue weighted by Crippen LogP contribution is 2.44. The number of para-hydroxylation sites is 1. The first-order valence-corrected chi connectivity index (χ1v) is 11.6. The quantitative estimate of drug-likeness (QED) is 0.369. The third-order valence-corrected chi connectivity index (χ3v) is 6.76. The van der Waals surface area contributed by atoms with E-state index < -0.39 is 11.5 Å². The molecule has 4 aromatic rings. The number of hydrogen-bond acceptors (Lipinski definition) is 3. The van der Waals surface area contributed by atoms with E-state index in [1.807, 2.05) is 66.7 Å². The monoisotopic (exact) mass is 449 g/mol. The summed E-state index contributed by atoms with van der Waals surface area (Å²) in [6.45, 7) is 4.51. The van der Waals surface area contributed by atoms with Gasteiger partial charge in [0.25, 0.3) is 5.91 Å². The molecule has 170 valence electrons. The molecule has 4 nitrogen and oxygen atoms in total. The van der Waals surface area contributed by atoms with E-state index in [1.54, 1.807) is 29.2 Å². The van der Waals surface area contributed by atoms with Gasteiger partial charge in [0.15, 0.2) is 11.4 Å². The van der Waals surface area contributed by atoms with Gasteiger partial charge in [-0.3, -0.25) is 9.59 Å². The van der Waals surface area contributed by atoms with E-state index in [-0.39, 0.29) is 12.2 Å². The summed E-state index contributed by atoms with van der Waals surface area (Å²) in [7, 11) is 0. The molecule has 0 bridgehead atoms. The summed E-state index contributed by atoms with van der Waals surface area (Å²) in [6, 6.07) is 28.7. The predicted octanol–water partition coefficient (Wildman–Crippen LogP) is 5.97.